The summed E-state index contributed by atoms with van der Waals surface area (Å²) >= 11 is 5.10. The van der Waals surface area contributed by atoms with Crippen molar-refractivity contribution in [2.45, 2.75) is 0 Å². The van der Waals surface area contributed by atoms with Crippen LogP contribution in [0.4, 0.5) is 8.78 Å². The van der Waals surface area contributed by atoms with Gasteiger partial charge in [-0.15, -0.1) is 12.1 Å². The average molecular weight is 252 g/mol. The third kappa shape index (κ3) is 3.69. The quantitative estimate of drug-likeness (QED) is 0.317. The van der Waals surface area contributed by atoms with Crippen LogP contribution in [0.5, 0.6) is 0 Å². The summed E-state index contributed by atoms with van der Waals surface area (Å²) in [4.78, 5) is 0. The first kappa shape index (κ1) is 14.2. The maximum atomic E-state index is 12.2. The second kappa shape index (κ2) is 6.17. The Kier molecular flexibility index (Phi) is 7.94. The van der Waals surface area contributed by atoms with Crippen molar-refractivity contribution in [2.24, 2.45) is 0 Å². The molecule has 0 saturated carbocycles. The van der Waals surface area contributed by atoms with Gasteiger partial charge in [-0.1, -0.05) is 0 Å². The molecule has 1 aromatic rings. The van der Waals surface area contributed by atoms with E-state index in [1.54, 1.807) is 0 Å². The molecule has 0 saturated heterocycles. The molecule has 0 amide bonds. The number of hydrogen-bond acceptors (Lipinski definition) is 0. The summed E-state index contributed by atoms with van der Waals surface area (Å²) in [5.74, 6) is -1.61. The Hall–Kier alpha value is 0.616. The van der Waals surface area contributed by atoms with Gasteiger partial charge in [0, 0.05) is 11.6 Å². The molecule has 56 valence electrons. The number of rotatable bonds is 0. The first-order valence-corrected chi connectivity index (χ1v) is 2.61. The van der Waals surface area contributed by atoms with Crippen molar-refractivity contribution >= 4 is 34.7 Å². The minimum Gasteiger partial charge on any atom is -1.00 e. The second-order valence-electron chi connectivity index (χ2n) is 1.45. The minimum absolute atomic E-state index is 0. The molecule has 0 fully saturated rings. The van der Waals surface area contributed by atoms with Crippen molar-refractivity contribution in [3.8, 4) is 0 Å². The molecule has 0 heterocycles. The van der Waals surface area contributed by atoms with E-state index in [1.165, 1.54) is 0 Å². The van der Waals surface area contributed by atoms with Gasteiger partial charge in [-0.25, -0.2) is 8.78 Å². The molecular weight excluding hydrogens is 250 g/mol. The molecule has 0 unspecified atom stereocenters. The van der Waals surface area contributed by atoms with Crippen LogP contribution in [-0.4, -0.2) is 23.1 Å². The van der Waals surface area contributed by atoms with Gasteiger partial charge in [0.2, 0.25) is 0 Å². The predicted molar refractivity (Wildman–Crippen MR) is 36.0 cm³/mol. The van der Waals surface area contributed by atoms with E-state index in [1.807, 2.05) is 0 Å². The first-order chi connectivity index (χ1) is 4.22. The molecule has 1 rings (SSSR count). The zero-order valence-electron chi connectivity index (χ0n) is 5.37. The van der Waals surface area contributed by atoms with Crippen LogP contribution in [0.15, 0.2) is 12.1 Å². The summed E-state index contributed by atoms with van der Waals surface area (Å²) in [6, 6.07) is 4.28. The zero-order valence-corrected chi connectivity index (χ0v) is 9.13. The van der Waals surface area contributed by atoms with Gasteiger partial charge in [0.15, 0.2) is 0 Å². The molecule has 0 aliphatic rings. The smallest absolute Gasteiger partial charge is 1.00 e. The van der Waals surface area contributed by atoms with Crippen LogP contribution in [0.3, 0.4) is 0 Å². The fourth-order valence-corrected chi connectivity index (χ4v) is 0.547. The minimum atomic E-state index is -0.850. The Labute approximate surface area is 94.8 Å². The van der Waals surface area contributed by atoms with Crippen molar-refractivity contribution in [1.29, 1.82) is 0 Å². The van der Waals surface area contributed by atoms with Gasteiger partial charge < -0.3 is 17.0 Å². The van der Waals surface area contributed by atoms with Crippen LogP contribution >= 0.6 is 11.6 Å². The van der Waals surface area contributed by atoms with Crippen molar-refractivity contribution in [2.75, 3.05) is 0 Å². The van der Waals surface area contributed by atoms with Crippen LogP contribution in [0.1, 0.15) is 0 Å². The van der Waals surface area contributed by atoms with Gasteiger partial charge in [0.1, 0.15) is 0 Å². The van der Waals surface area contributed by atoms with Gasteiger partial charge >= 0.3 is 23.1 Å². The van der Waals surface area contributed by atoms with Crippen LogP contribution in [-0.2, 0) is 0 Å². The van der Waals surface area contributed by atoms with Crippen molar-refractivity contribution in [1.82, 2.24) is 0 Å². The maximum Gasteiger partial charge on any atom is 2.00 e. The monoisotopic (exact) mass is 250 g/mol. The third-order valence-electron chi connectivity index (χ3n) is 0.842. The van der Waals surface area contributed by atoms with Crippen LogP contribution in [0, 0.1) is 17.7 Å². The van der Waals surface area contributed by atoms with Crippen LogP contribution in [0.2, 0.25) is 5.02 Å². The zero-order chi connectivity index (χ0) is 6.85. The van der Waals surface area contributed by atoms with Crippen molar-refractivity contribution in [3.63, 3.8) is 0 Å². The van der Waals surface area contributed by atoms with Gasteiger partial charge in [-0.2, -0.15) is 17.7 Å². The summed E-state index contributed by atoms with van der Waals surface area (Å²) in [6.07, 6.45) is 0. The summed E-state index contributed by atoms with van der Waals surface area (Å²) in [7, 11) is 0. The number of halogens is 4. The molecule has 5 heteroatoms. The summed E-state index contributed by atoms with van der Waals surface area (Å²) in [6.45, 7) is 0. The molecule has 0 atom stereocenters. The molecule has 0 aromatic heterocycles. The first-order valence-electron chi connectivity index (χ1n) is 2.23. The third-order valence-corrected chi connectivity index (χ3v) is 1.19. The molecule has 0 N–H and O–H groups in total. The topological polar surface area (TPSA) is 0 Å². The molecule has 0 bridgehead atoms. The standard InChI is InChI=1S/C6H2ClF2.BrH.Mg/c7-6-4(8)2-1-3-5(6)9;;/h1-2H;1H;/q-1;;+2/p-1. The van der Waals surface area contributed by atoms with Gasteiger partial charge in [-0.05, 0) is 5.02 Å². The van der Waals surface area contributed by atoms with E-state index in [4.69, 9.17) is 11.6 Å². The Balaban J connectivity index is 0. The fourth-order valence-electron chi connectivity index (χ4n) is 0.429. The van der Waals surface area contributed by atoms with Crippen LogP contribution < -0.4 is 17.0 Å². The van der Waals surface area contributed by atoms with E-state index >= 15 is 0 Å². The summed E-state index contributed by atoms with van der Waals surface area (Å²) < 4.78 is 24.3. The van der Waals surface area contributed by atoms with E-state index in [0.717, 1.165) is 12.1 Å². The molecule has 11 heavy (non-hydrogen) atoms. The SMILES string of the molecule is Fc1[c-]ccc(F)c1Cl.[Br-].[Mg+2]. The van der Waals surface area contributed by atoms with Crippen molar-refractivity contribution < 1.29 is 25.8 Å². The largest absolute Gasteiger partial charge is 2.00 e. The Bertz CT molecular complexity index is 212. The van der Waals surface area contributed by atoms with E-state index in [-0.39, 0.29) is 40.0 Å². The van der Waals surface area contributed by atoms with E-state index in [0.29, 0.717) is 0 Å². The number of benzene rings is 1. The van der Waals surface area contributed by atoms with E-state index < -0.39 is 16.7 Å². The Morgan fingerprint density at radius 3 is 2.27 bits per heavy atom. The molecular formula is C6H2BrClF2Mg. The van der Waals surface area contributed by atoms with Crippen LogP contribution in [0.25, 0.3) is 0 Å². The molecule has 0 spiro atoms. The van der Waals surface area contributed by atoms with Crippen molar-refractivity contribution in [3.05, 3.63) is 34.9 Å². The maximum absolute atomic E-state index is 12.2. The normalized spacial score (nSPS) is 7.91. The molecule has 0 radical (unpaired) electrons. The average Bonchev–Trinajstić information content (AvgIpc) is 1.83. The molecule has 1 aromatic carbocycles. The second-order valence-corrected chi connectivity index (χ2v) is 1.83. The molecule has 0 nitrogen and oxygen atoms in total. The Morgan fingerprint density at radius 1 is 1.36 bits per heavy atom. The fraction of sp³-hybridized carbons (Fsp3) is 0. The van der Waals surface area contributed by atoms with Gasteiger partial charge in [0.25, 0.3) is 0 Å². The molecule has 0 aliphatic heterocycles. The van der Waals surface area contributed by atoms with E-state index in [2.05, 4.69) is 6.07 Å². The summed E-state index contributed by atoms with van der Waals surface area (Å²) in [5.41, 5.74) is 0. The number of hydrogen-bond donors (Lipinski definition) is 0. The van der Waals surface area contributed by atoms with E-state index in [9.17, 15) is 8.78 Å². The predicted octanol–water partition coefficient (Wildman–Crippen LogP) is -0.958. The van der Waals surface area contributed by atoms with Gasteiger partial charge in [0.05, 0.1) is 0 Å². The Morgan fingerprint density at radius 2 is 1.91 bits per heavy atom. The molecule has 0 aliphatic carbocycles. The van der Waals surface area contributed by atoms with Gasteiger partial charge in [-0.3, -0.25) is 0 Å². The summed E-state index contributed by atoms with van der Waals surface area (Å²) in [5, 5.41) is -0.502.